The molecule has 2 heterocycles. The van der Waals surface area contributed by atoms with Crippen LogP contribution in [0.4, 0.5) is 0 Å². The number of Topliss-reactive ketones (excluding diaryl/α,β-unsaturated/α-hetero) is 1. The van der Waals surface area contributed by atoms with E-state index < -0.39 is 54.4 Å². The summed E-state index contributed by atoms with van der Waals surface area (Å²) in [5.74, 6) is -3.40. The van der Waals surface area contributed by atoms with E-state index in [2.05, 4.69) is 4.99 Å². The molecule has 11 heteroatoms. The smallest absolute Gasteiger partial charge is 0.303 e. The Morgan fingerprint density at radius 3 is 2.67 bits per heavy atom. The van der Waals surface area contributed by atoms with Gasteiger partial charge in [-0.1, -0.05) is 6.08 Å². The Labute approximate surface area is 173 Å². The molecule has 0 aromatic carbocycles. The fraction of sp³-hybridized carbons (Fsp3) is 0.526. The lowest BCUT2D eigenvalue weighted by atomic mass is 9.94. The third kappa shape index (κ3) is 6.14. The third-order valence-corrected chi connectivity index (χ3v) is 4.50. The number of carboxylic acids is 1. The van der Waals surface area contributed by atoms with Gasteiger partial charge in [0.25, 0.3) is 0 Å². The van der Waals surface area contributed by atoms with Gasteiger partial charge >= 0.3 is 11.9 Å². The number of hydrogen-bond donors (Lipinski definition) is 2. The van der Waals surface area contributed by atoms with Crippen LogP contribution in [0, 0.1) is 5.92 Å². The Kier molecular flexibility index (Phi) is 8.10. The summed E-state index contributed by atoms with van der Waals surface area (Å²) in [6.45, 7) is 2.90. The molecule has 0 saturated carbocycles. The van der Waals surface area contributed by atoms with E-state index in [1.54, 1.807) is 24.1 Å². The molecule has 0 spiro atoms. The van der Waals surface area contributed by atoms with Crippen LogP contribution in [0.5, 0.6) is 0 Å². The molecule has 30 heavy (non-hydrogen) atoms. The molecule has 4 atom stereocenters. The fourth-order valence-electron chi connectivity index (χ4n) is 3.22. The highest BCUT2D eigenvalue weighted by molar-refractivity contribution is 6.46. The number of aliphatic imine (C=N–C) groups is 1. The number of allylic oxidation sites excluding steroid dienone is 2. The number of esters is 1. The minimum Gasteiger partial charge on any atom is -0.493 e. The van der Waals surface area contributed by atoms with Crippen LogP contribution >= 0.6 is 0 Å². The Hall–Kier alpha value is -3.21. The maximum absolute atomic E-state index is 11.9. The number of carbonyl (C=O) groups is 4. The second kappa shape index (κ2) is 10.5. The zero-order chi connectivity index (χ0) is 22.3. The normalized spacial score (nSPS) is 25.8. The van der Waals surface area contributed by atoms with Crippen LogP contribution in [-0.2, 0) is 33.4 Å². The lowest BCUT2D eigenvalue weighted by Crippen LogP contribution is -2.43. The van der Waals surface area contributed by atoms with E-state index in [-0.39, 0.29) is 25.4 Å². The first-order chi connectivity index (χ1) is 14.2. The lowest BCUT2D eigenvalue weighted by Gasteiger charge is -2.31. The van der Waals surface area contributed by atoms with Crippen molar-refractivity contribution in [3.63, 3.8) is 0 Å². The molecule has 164 valence electrons. The first-order valence-electron chi connectivity index (χ1n) is 9.30. The van der Waals surface area contributed by atoms with Crippen molar-refractivity contribution in [1.82, 2.24) is 4.90 Å². The number of rotatable bonds is 10. The zero-order valence-electron chi connectivity index (χ0n) is 16.7. The predicted octanol–water partition coefficient (Wildman–Crippen LogP) is -0.0436. The van der Waals surface area contributed by atoms with Crippen LogP contribution in [0.1, 0.15) is 26.7 Å². The zero-order valence-corrected chi connectivity index (χ0v) is 16.7. The fourth-order valence-corrected chi connectivity index (χ4v) is 3.22. The van der Waals surface area contributed by atoms with Gasteiger partial charge < -0.3 is 30.0 Å². The maximum Gasteiger partial charge on any atom is 0.303 e. The molecule has 0 aliphatic carbocycles. The van der Waals surface area contributed by atoms with E-state index in [9.17, 15) is 24.3 Å². The van der Waals surface area contributed by atoms with Gasteiger partial charge in [-0.25, -0.2) is 0 Å². The second-order valence-corrected chi connectivity index (χ2v) is 6.78. The van der Waals surface area contributed by atoms with Crippen LogP contribution < -0.4 is 5.73 Å². The van der Waals surface area contributed by atoms with Gasteiger partial charge in [0.2, 0.25) is 5.91 Å². The van der Waals surface area contributed by atoms with Gasteiger partial charge in [0.1, 0.15) is 31.2 Å². The summed E-state index contributed by atoms with van der Waals surface area (Å²) in [6.07, 6.45) is 3.23. The molecule has 1 amide bonds. The number of carbonyl (C=O) groups excluding carboxylic acids is 3. The van der Waals surface area contributed by atoms with Crippen molar-refractivity contribution in [3.8, 4) is 0 Å². The molecule has 0 aromatic rings. The van der Waals surface area contributed by atoms with Crippen molar-refractivity contribution >= 4 is 29.3 Å². The summed E-state index contributed by atoms with van der Waals surface area (Å²) in [6, 6.07) is 0. The van der Waals surface area contributed by atoms with Gasteiger partial charge in [0.05, 0.1) is 19.1 Å². The Morgan fingerprint density at radius 1 is 1.40 bits per heavy atom. The molecule has 11 nitrogen and oxygen atoms in total. The van der Waals surface area contributed by atoms with Gasteiger partial charge in [-0.2, -0.15) is 0 Å². The van der Waals surface area contributed by atoms with Gasteiger partial charge in [-0.05, 0) is 13.0 Å². The summed E-state index contributed by atoms with van der Waals surface area (Å²) >= 11 is 0. The van der Waals surface area contributed by atoms with Crippen molar-refractivity contribution in [3.05, 3.63) is 24.6 Å². The Balaban J connectivity index is 2.19. The topological polar surface area (TPSA) is 158 Å². The molecule has 1 saturated heterocycles. The van der Waals surface area contributed by atoms with Crippen molar-refractivity contribution in [2.45, 2.75) is 45.1 Å². The van der Waals surface area contributed by atoms with Crippen LogP contribution in [0.2, 0.25) is 0 Å². The number of nitrogens with two attached hydrogens (primary N) is 1. The van der Waals surface area contributed by atoms with Gasteiger partial charge in [-0.15, -0.1) is 0 Å². The van der Waals surface area contributed by atoms with E-state index in [1.807, 2.05) is 0 Å². The second-order valence-electron chi connectivity index (χ2n) is 6.78. The Bertz CT molecular complexity index is 776. The highest BCUT2D eigenvalue weighted by atomic mass is 16.6. The minimum atomic E-state index is -1.04. The average Bonchev–Trinajstić information content (AvgIpc) is 3.01. The molecule has 0 unspecified atom stereocenters. The van der Waals surface area contributed by atoms with Crippen molar-refractivity contribution in [2.24, 2.45) is 16.6 Å². The van der Waals surface area contributed by atoms with Crippen LogP contribution in [0.15, 0.2) is 29.6 Å². The minimum absolute atomic E-state index is 0.0246. The molecular weight excluding hydrogens is 398 g/mol. The molecule has 1 fully saturated rings. The Morgan fingerprint density at radius 2 is 2.13 bits per heavy atom. The quantitative estimate of drug-likeness (QED) is 0.279. The van der Waals surface area contributed by atoms with E-state index in [1.165, 1.54) is 19.3 Å². The van der Waals surface area contributed by atoms with E-state index in [0.29, 0.717) is 0 Å². The van der Waals surface area contributed by atoms with E-state index in [0.717, 1.165) is 0 Å². The highest BCUT2D eigenvalue weighted by Gasteiger charge is 2.49. The highest BCUT2D eigenvalue weighted by Crippen LogP contribution is 2.35. The number of nitrogens with zero attached hydrogens (tertiary/aromatic N) is 2. The summed E-state index contributed by atoms with van der Waals surface area (Å²) in [7, 11) is 0. The molecule has 0 radical (unpaired) electrons. The third-order valence-electron chi connectivity index (χ3n) is 4.50. The lowest BCUT2D eigenvalue weighted by molar-refractivity contribution is -0.148. The van der Waals surface area contributed by atoms with Crippen LogP contribution in [0.3, 0.4) is 0 Å². The van der Waals surface area contributed by atoms with Gasteiger partial charge in [0.15, 0.2) is 12.0 Å². The van der Waals surface area contributed by atoms with Crippen molar-refractivity contribution in [1.29, 1.82) is 0 Å². The first kappa shape index (κ1) is 23.1. The number of ether oxygens (including phenoxy) is 3. The summed E-state index contributed by atoms with van der Waals surface area (Å²) in [5, 5.41) is 9.32. The summed E-state index contributed by atoms with van der Waals surface area (Å²) in [4.78, 5) is 51.2. The molecular formula is C19H25N3O8. The number of aliphatic carboxylic acids is 1. The maximum atomic E-state index is 11.9. The molecule has 2 aliphatic rings. The standard InChI is InChI=1S/C19H25N3O8/c1-3-6-28-18-12(7-17(26)27)15(9-29-11(2)23)30-19(18)22-5-4-13(21-10-22)14(24)8-16(20)25/h3-6,12,15,18-19H,7-10H2,1-2H3,(H2,20,25)(H,26,27)/t12-,15+,18-,19-/m1/s1. The largest absolute Gasteiger partial charge is 0.493 e. The summed E-state index contributed by atoms with van der Waals surface area (Å²) < 4.78 is 16.7. The number of primary amides is 1. The van der Waals surface area contributed by atoms with Gasteiger partial charge in [0, 0.05) is 19.0 Å². The van der Waals surface area contributed by atoms with Crippen LogP contribution in [0.25, 0.3) is 0 Å². The molecule has 0 bridgehead atoms. The van der Waals surface area contributed by atoms with Crippen molar-refractivity contribution in [2.75, 3.05) is 13.3 Å². The molecule has 3 N–H and O–H groups in total. The summed E-state index contributed by atoms with van der Waals surface area (Å²) in [5.41, 5.74) is 5.14. The van der Waals surface area contributed by atoms with Crippen molar-refractivity contribution < 1.29 is 38.5 Å². The average molecular weight is 423 g/mol. The SMILES string of the molecule is CC=CO[C@@H]1[C@H](CC(=O)O)[C@H](COC(C)=O)O[C@H]1N1C=CC(C(=O)CC(N)=O)=NC1. The number of carboxylic acid groups (broad SMARTS) is 1. The van der Waals surface area contributed by atoms with Gasteiger partial charge in [-0.3, -0.25) is 24.2 Å². The monoisotopic (exact) mass is 423 g/mol. The molecule has 2 rings (SSSR count). The molecule has 2 aliphatic heterocycles. The predicted molar refractivity (Wildman–Crippen MR) is 103 cm³/mol. The van der Waals surface area contributed by atoms with Crippen LogP contribution in [-0.4, -0.2) is 71.1 Å². The number of hydrogen-bond acceptors (Lipinski definition) is 9. The van der Waals surface area contributed by atoms with E-state index >= 15 is 0 Å². The van der Waals surface area contributed by atoms with E-state index in [4.69, 9.17) is 19.9 Å². The number of amides is 1. The number of ketones is 1. The first-order valence-corrected chi connectivity index (χ1v) is 9.30. The molecule has 0 aromatic heterocycles.